The number of urea groups is 1. The molecule has 0 bridgehead atoms. The van der Waals surface area contributed by atoms with Gasteiger partial charge in [0.15, 0.2) is 5.54 Å². The summed E-state index contributed by atoms with van der Waals surface area (Å²) in [6.45, 7) is 1.01. The van der Waals surface area contributed by atoms with Crippen LogP contribution < -0.4 is 10.6 Å². The van der Waals surface area contributed by atoms with Gasteiger partial charge in [-0.2, -0.15) is 13.2 Å². The van der Waals surface area contributed by atoms with Crippen LogP contribution in [0.2, 0.25) is 0 Å². The lowest BCUT2D eigenvalue weighted by molar-refractivity contribution is -0.191. The predicted molar refractivity (Wildman–Crippen MR) is 67.1 cm³/mol. The number of hydrogen-bond donors (Lipinski definition) is 2. The summed E-state index contributed by atoms with van der Waals surface area (Å²) in [5, 5.41) is 4.20. The maximum absolute atomic E-state index is 13.2. The molecule has 2 amide bonds. The van der Waals surface area contributed by atoms with E-state index in [0.29, 0.717) is 0 Å². The number of halogens is 4. The Bertz CT molecular complexity index is 425. The standard InChI is InChI=1S/C12H14ClF3N2O/c1-11(12(14,15)16,9-5-3-2-4-6-9)18-10(19)17-8-7-13/h2-6H,7-8H2,1H3,(H2,17,18,19). The van der Waals surface area contributed by atoms with E-state index in [4.69, 9.17) is 11.6 Å². The van der Waals surface area contributed by atoms with E-state index in [0.717, 1.165) is 6.92 Å². The largest absolute Gasteiger partial charge is 0.415 e. The van der Waals surface area contributed by atoms with E-state index in [1.807, 2.05) is 5.32 Å². The van der Waals surface area contributed by atoms with E-state index in [1.54, 1.807) is 6.07 Å². The first-order valence-corrected chi connectivity index (χ1v) is 6.09. The van der Waals surface area contributed by atoms with Crippen LogP contribution in [0.25, 0.3) is 0 Å². The number of carbonyl (C=O) groups excluding carboxylic acids is 1. The zero-order valence-electron chi connectivity index (χ0n) is 10.2. The van der Waals surface area contributed by atoms with Crippen molar-refractivity contribution in [3.63, 3.8) is 0 Å². The van der Waals surface area contributed by atoms with Crippen LogP contribution in [0, 0.1) is 0 Å². The highest BCUT2D eigenvalue weighted by molar-refractivity contribution is 6.18. The molecule has 0 saturated heterocycles. The van der Waals surface area contributed by atoms with Crippen LogP contribution in [-0.2, 0) is 5.54 Å². The average Bonchev–Trinajstić information content (AvgIpc) is 2.36. The quantitative estimate of drug-likeness (QED) is 0.824. The SMILES string of the molecule is CC(NC(=O)NCCCl)(c1ccccc1)C(F)(F)F. The molecule has 1 rings (SSSR count). The fourth-order valence-electron chi connectivity index (χ4n) is 1.51. The Hall–Kier alpha value is -1.43. The smallest absolute Gasteiger partial charge is 0.337 e. The number of benzene rings is 1. The molecule has 0 spiro atoms. The summed E-state index contributed by atoms with van der Waals surface area (Å²) in [5.74, 6) is 0.126. The van der Waals surface area contributed by atoms with E-state index in [1.165, 1.54) is 24.3 Å². The lowest BCUT2D eigenvalue weighted by atomic mass is 9.91. The highest BCUT2D eigenvalue weighted by atomic mass is 35.5. The molecule has 1 aromatic rings. The number of amides is 2. The highest BCUT2D eigenvalue weighted by Crippen LogP contribution is 2.38. The second-order valence-electron chi connectivity index (χ2n) is 4.06. The van der Waals surface area contributed by atoms with Crippen molar-refractivity contribution in [3.05, 3.63) is 35.9 Å². The number of hydrogen-bond acceptors (Lipinski definition) is 1. The Balaban J connectivity index is 2.99. The maximum atomic E-state index is 13.2. The van der Waals surface area contributed by atoms with Gasteiger partial charge >= 0.3 is 12.2 Å². The zero-order valence-corrected chi connectivity index (χ0v) is 11.0. The van der Waals surface area contributed by atoms with Crippen LogP contribution in [0.15, 0.2) is 30.3 Å². The van der Waals surface area contributed by atoms with Gasteiger partial charge in [-0.3, -0.25) is 0 Å². The van der Waals surface area contributed by atoms with Gasteiger partial charge in [0.1, 0.15) is 0 Å². The Kier molecular flexibility index (Phi) is 5.05. The molecule has 2 N–H and O–H groups in total. The van der Waals surface area contributed by atoms with Crippen LogP contribution in [0.3, 0.4) is 0 Å². The van der Waals surface area contributed by atoms with Crippen molar-refractivity contribution in [1.82, 2.24) is 10.6 Å². The minimum absolute atomic E-state index is 0.0384. The van der Waals surface area contributed by atoms with Crippen molar-refractivity contribution in [3.8, 4) is 0 Å². The molecule has 1 aromatic carbocycles. The first kappa shape index (κ1) is 15.6. The van der Waals surface area contributed by atoms with Gasteiger partial charge < -0.3 is 10.6 Å². The number of nitrogens with one attached hydrogen (secondary N) is 2. The van der Waals surface area contributed by atoms with E-state index in [9.17, 15) is 18.0 Å². The third-order valence-corrected chi connectivity index (χ3v) is 2.85. The van der Waals surface area contributed by atoms with E-state index >= 15 is 0 Å². The van der Waals surface area contributed by atoms with Crippen LogP contribution in [0.5, 0.6) is 0 Å². The van der Waals surface area contributed by atoms with E-state index in [-0.39, 0.29) is 18.0 Å². The summed E-state index contributed by atoms with van der Waals surface area (Å²) in [6.07, 6.45) is -4.62. The summed E-state index contributed by atoms with van der Waals surface area (Å²) >= 11 is 5.36. The van der Waals surface area contributed by atoms with Crippen molar-refractivity contribution in [2.75, 3.05) is 12.4 Å². The van der Waals surface area contributed by atoms with Gasteiger partial charge in [0.2, 0.25) is 0 Å². The second kappa shape index (κ2) is 6.14. The molecular formula is C12H14ClF3N2O. The monoisotopic (exact) mass is 294 g/mol. The topological polar surface area (TPSA) is 41.1 Å². The second-order valence-corrected chi connectivity index (χ2v) is 4.44. The summed E-state index contributed by atoms with van der Waals surface area (Å²) in [4.78, 5) is 11.5. The molecule has 3 nitrogen and oxygen atoms in total. The molecule has 0 aliphatic carbocycles. The van der Waals surface area contributed by atoms with Crippen molar-refractivity contribution in [2.24, 2.45) is 0 Å². The maximum Gasteiger partial charge on any atom is 0.415 e. The Morgan fingerprint density at radius 3 is 2.32 bits per heavy atom. The average molecular weight is 295 g/mol. The van der Waals surface area contributed by atoms with Crippen LogP contribution in [0.1, 0.15) is 12.5 Å². The first-order valence-electron chi connectivity index (χ1n) is 5.55. The molecule has 0 heterocycles. The molecule has 0 radical (unpaired) electrons. The van der Waals surface area contributed by atoms with Gasteiger partial charge in [-0.05, 0) is 12.5 Å². The fourth-order valence-corrected chi connectivity index (χ4v) is 1.60. The van der Waals surface area contributed by atoms with Crippen molar-refractivity contribution in [2.45, 2.75) is 18.6 Å². The molecule has 19 heavy (non-hydrogen) atoms. The summed E-state index contributed by atoms with van der Waals surface area (Å²) < 4.78 is 39.6. The molecule has 0 aliphatic heterocycles. The van der Waals surface area contributed by atoms with Gasteiger partial charge in [0, 0.05) is 12.4 Å². The fraction of sp³-hybridized carbons (Fsp3) is 0.417. The summed E-state index contributed by atoms with van der Waals surface area (Å²) in [7, 11) is 0. The van der Waals surface area contributed by atoms with Gasteiger partial charge in [-0.25, -0.2) is 4.79 Å². The molecular weight excluding hydrogens is 281 g/mol. The predicted octanol–water partition coefficient (Wildman–Crippen LogP) is 3.00. The molecule has 0 fully saturated rings. The number of alkyl halides is 4. The molecule has 1 atom stereocenters. The summed E-state index contributed by atoms with van der Waals surface area (Å²) in [6, 6.07) is 6.29. The third-order valence-electron chi connectivity index (χ3n) is 2.66. The van der Waals surface area contributed by atoms with Gasteiger partial charge in [0.05, 0.1) is 0 Å². The van der Waals surface area contributed by atoms with Crippen molar-refractivity contribution < 1.29 is 18.0 Å². The third kappa shape index (κ3) is 3.76. The summed E-state index contributed by atoms with van der Waals surface area (Å²) in [5.41, 5.74) is -2.49. The van der Waals surface area contributed by atoms with Crippen molar-refractivity contribution >= 4 is 17.6 Å². The molecule has 106 valence electrons. The first-order chi connectivity index (χ1) is 8.81. The van der Waals surface area contributed by atoms with Gasteiger partial charge in [-0.1, -0.05) is 30.3 Å². The highest BCUT2D eigenvalue weighted by Gasteiger charge is 2.53. The molecule has 0 aliphatic rings. The van der Waals surface area contributed by atoms with Gasteiger partial charge in [0.25, 0.3) is 0 Å². The molecule has 0 saturated carbocycles. The van der Waals surface area contributed by atoms with E-state index < -0.39 is 17.7 Å². The van der Waals surface area contributed by atoms with Crippen LogP contribution in [0.4, 0.5) is 18.0 Å². The zero-order chi connectivity index (χ0) is 14.5. The van der Waals surface area contributed by atoms with Crippen LogP contribution >= 0.6 is 11.6 Å². The molecule has 0 aromatic heterocycles. The van der Waals surface area contributed by atoms with Crippen LogP contribution in [-0.4, -0.2) is 24.6 Å². The minimum atomic E-state index is -4.62. The molecule has 1 unspecified atom stereocenters. The van der Waals surface area contributed by atoms with E-state index in [2.05, 4.69) is 5.32 Å². The molecule has 7 heteroatoms. The lowest BCUT2D eigenvalue weighted by Crippen LogP contribution is -2.56. The lowest BCUT2D eigenvalue weighted by Gasteiger charge is -2.33. The minimum Gasteiger partial charge on any atom is -0.337 e. The number of rotatable bonds is 4. The Labute approximate surface area is 114 Å². The Morgan fingerprint density at radius 1 is 1.26 bits per heavy atom. The Morgan fingerprint density at radius 2 is 1.84 bits per heavy atom. The van der Waals surface area contributed by atoms with Gasteiger partial charge in [-0.15, -0.1) is 11.6 Å². The van der Waals surface area contributed by atoms with Crippen molar-refractivity contribution in [1.29, 1.82) is 0 Å². The number of carbonyl (C=O) groups is 1. The normalized spacial score (nSPS) is 14.6.